The first-order chi connectivity index (χ1) is 14.1. The van der Waals surface area contributed by atoms with E-state index in [9.17, 15) is 14.0 Å². The van der Waals surface area contributed by atoms with Gasteiger partial charge in [0.05, 0.1) is 19.1 Å². The molecule has 2 aliphatic heterocycles. The molecule has 0 saturated carbocycles. The summed E-state index contributed by atoms with van der Waals surface area (Å²) in [5, 5.41) is 0. The third kappa shape index (κ3) is 4.03. The molecule has 0 aromatic heterocycles. The number of halogens is 1. The zero-order valence-corrected chi connectivity index (χ0v) is 16.5. The van der Waals surface area contributed by atoms with E-state index in [4.69, 9.17) is 4.74 Å². The second kappa shape index (κ2) is 8.33. The Morgan fingerprint density at radius 1 is 1.14 bits per heavy atom. The highest BCUT2D eigenvalue weighted by Gasteiger charge is 2.39. The SMILES string of the molecule is CCc1ccccc1N1CC(C(=O)N2CCOC(c3ccc(F)cc3)C2)CC1=O. The average Bonchev–Trinajstić information content (AvgIpc) is 3.15. The molecule has 6 heteroatoms. The fraction of sp³-hybridized carbons (Fsp3) is 0.391. The first-order valence-corrected chi connectivity index (χ1v) is 10.1. The molecule has 2 saturated heterocycles. The van der Waals surface area contributed by atoms with Crippen LogP contribution in [0.5, 0.6) is 0 Å². The third-order valence-corrected chi connectivity index (χ3v) is 5.76. The summed E-state index contributed by atoms with van der Waals surface area (Å²) in [6.45, 7) is 3.82. The summed E-state index contributed by atoms with van der Waals surface area (Å²) in [6.07, 6.45) is 0.791. The normalized spacial score (nSPS) is 22.2. The second-order valence-electron chi connectivity index (χ2n) is 7.58. The van der Waals surface area contributed by atoms with Crippen molar-refractivity contribution in [1.82, 2.24) is 4.90 Å². The van der Waals surface area contributed by atoms with Crippen molar-refractivity contribution < 1.29 is 18.7 Å². The molecule has 2 atom stereocenters. The van der Waals surface area contributed by atoms with Gasteiger partial charge in [-0.3, -0.25) is 9.59 Å². The van der Waals surface area contributed by atoms with Crippen molar-refractivity contribution in [3.8, 4) is 0 Å². The van der Waals surface area contributed by atoms with E-state index < -0.39 is 0 Å². The fourth-order valence-electron chi connectivity index (χ4n) is 4.17. The van der Waals surface area contributed by atoms with E-state index in [1.54, 1.807) is 21.9 Å². The van der Waals surface area contributed by atoms with Gasteiger partial charge in [0.2, 0.25) is 11.8 Å². The third-order valence-electron chi connectivity index (χ3n) is 5.76. The summed E-state index contributed by atoms with van der Waals surface area (Å²) in [5.74, 6) is -0.661. The summed E-state index contributed by atoms with van der Waals surface area (Å²) in [7, 11) is 0. The predicted octanol–water partition coefficient (Wildman–Crippen LogP) is 3.34. The smallest absolute Gasteiger partial charge is 0.228 e. The fourth-order valence-corrected chi connectivity index (χ4v) is 4.17. The number of carbonyl (C=O) groups excluding carboxylic acids is 2. The van der Waals surface area contributed by atoms with Gasteiger partial charge >= 0.3 is 0 Å². The van der Waals surface area contributed by atoms with E-state index >= 15 is 0 Å². The molecule has 2 amide bonds. The molecule has 4 rings (SSSR count). The summed E-state index contributed by atoms with van der Waals surface area (Å²) < 4.78 is 19.0. The molecule has 5 nitrogen and oxygen atoms in total. The summed E-state index contributed by atoms with van der Waals surface area (Å²) in [5.41, 5.74) is 2.86. The number of amides is 2. The van der Waals surface area contributed by atoms with Crippen LogP contribution in [0.25, 0.3) is 0 Å². The van der Waals surface area contributed by atoms with Gasteiger partial charge in [-0.15, -0.1) is 0 Å². The topological polar surface area (TPSA) is 49.9 Å². The minimum Gasteiger partial charge on any atom is -0.370 e. The molecular weight excluding hydrogens is 371 g/mol. The molecule has 2 aromatic rings. The van der Waals surface area contributed by atoms with Gasteiger partial charge in [-0.25, -0.2) is 4.39 Å². The highest BCUT2D eigenvalue weighted by atomic mass is 19.1. The van der Waals surface area contributed by atoms with Gasteiger partial charge in [-0.2, -0.15) is 0 Å². The van der Waals surface area contributed by atoms with Crippen LogP contribution in [-0.4, -0.2) is 43.0 Å². The van der Waals surface area contributed by atoms with Crippen molar-refractivity contribution in [2.24, 2.45) is 5.92 Å². The number of carbonyl (C=O) groups is 2. The van der Waals surface area contributed by atoms with Crippen LogP contribution in [0.2, 0.25) is 0 Å². The minimum atomic E-state index is -0.348. The van der Waals surface area contributed by atoms with Crippen molar-refractivity contribution >= 4 is 17.5 Å². The number of anilines is 1. The summed E-state index contributed by atoms with van der Waals surface area (Å²) in [6, 6.07) is 14.0. The highest BCUT2D eigenvalue weighted by molar-refractivity contribution is 6.00. The molecule has 2 fully saturated rings. The number of para-hydroxylation sites is 1. The molecule has 0 aliphatic carbocycles. The van der Waals surface area contributed by atoms with Gasteiger partial charge in [-0.05, 0) is 35.7 Å². The van der Waals surface area contributed by atoms with E-state index in [0.717, 1.165) is 23.2 Å². The van der Waals surface area contributed by atoms with Gasteiger partial charge in [0.15, 0.2) is 0 Å². The van der Waals surface area contributed by atoms with Crippen LogP contribution in [0, 0.1) is 11.7 Å². The number of hydrogen-bond acceptors (Lipinski definition) is 3. The standard InChI is InChI=1S/C23H25FN2O3/c1-2-16-5-3-4-6-20(16)26-14-18(13-22(26)27)23(28)25-11-12-29-21(15-25)17-7-9-19(24)10-8-17/h3-10,18,21H,2,11-15H2,1H3. The van der Waals surface area contributed by atoms with Crippen molar-refractivity contribution in [3.63, 3.8) is 0 Å². The minimum absolute atomic E-state index is 0.00686. The number of nitrogens with zero attached hydrogens (tertiary/aromatic N) is 2. The summed E-state index contributed by atoms with van der Waals surface area (Å²) in [4.78, 5) is 29.3. The van der Waals surface area contributed by atoms with Gasteiger partial charge in [0.25, 0.3) is 0 Å². The summed E-state index contributed by atoms with van der Waals surface area (Å²) >= 11 is 0. The number of hydrogen-bond donors (Lipinski definition) is 0. The zero-order valence-electron chi connectivity index (χ0n) is 16.5. The molecule has 0 bridgehead atoms. The molecule has 2 aromatic carbocycles. The maximum atomic E-state index is 13.2. The number of rotatable bonds is 4. The van der Waals surface area contributed by atoms with Gasteiger partial charge in [-0.1, -0.05) is 37.3 Å². The molecule has 29 heavy (non-hydrogen) atoms. The Kier molecular flexibility index (Phi) is 5.62. The number of ether oxygens (including phenoxy) is 1. The van der Waals surface area contributed by atoms with E-state index in [-0.39, 0.29) is 36.1 Å². The average molecular weight is 396 g/mol. The van der Waals surface area contributed by atoms with Gasteiger partial charge in [0.1, 0.15) is 11.9 Å². The quantitative estimate of drug-likeness (QED) is 0.797. The van der Waals surface area contributed by atoms with Crippen LogP contribution in [0.4, 0.5) is 10.1 Å². The maximum absolute atomic E-state index is 13.2. The Balaban J connectivity index is 1.45. The van der Waals surface area contributed by atoms with Crippen LogP contribution in [0.1, 0.15) is 30.6 Å². The van der Waals surface area contributed by atoms with Crippen molar-refractivity contribution in [3.05, 3.63) is 65.5 Å². The van der Waals surface area contributed by atoms with E-state index in [2.05, 4.69) is 6.92 Å². The van der Waals surface area contributed by atoms with Crippen LogP contribution < -0.4 is 4.90 Å². The van der Waals surface area contributed by atoms with Gasteiger partial charge < -0.3 is 14.5 Å². The van der Waals surface area contributed by atoms with Crippen LogP contribution in [-0.2, 0) is 20.7 Å². The predicted molar refractivity (Wildman–Crippen MR) is 108 cm³/mol. The molecule has 2 aliphatic rings. The molecular formula is C23H25FN2O3. The molecule has 152 valence electrons. The molecule has 0 N–H and O–H groups in total. The number of benzene rings is 2. The van der Waals surface area contributed by atoms with E-state index in [1.165, 1.54) is 12.1 Å². The lowest BCUT2D eigenvalue weighted by Crippen LogP contribution is -2.45. The Bertz CT molecular complexity index is 899. The van der Waals surface area contributed by atoms with E-state index in [1.807, 2.05) is 24.3 Å². The lowest BCUT2D eigenvalue weighted by Gasteiger charge is -2.34. The van der Waals surface area contributed by atoms with Crippen LogP contribution >= 0.6 is 0 Å². The number of aryl methyl sites for hydroxylation is 1. The Hall–Kier alpha value is -2.73. The number of morpholine rings is 1. The second-order valence-corrected chi connectivity index (χ2v) is 7.58. The van der Waals surface area contributed by atoms with Crippen LogP contribution in [0.15, 0.2) is 48.5 Å². The lowest BCUT2D eigenvalue weighted by atomic mass is 10.0. The Morgan fingerprint density at radius 3 is 2.66 bits per heavy atom. The van der Waals surface area contributed by atoms with Crippen LogP contribution in [0.3, 0.4) is 0 Å². The van der Waals surface area contributed by atoms with Crippen molar-refractivity contribution in [2.75, 3.05) is 31.1 Å². The zero-order chi connectivity index (χ0) is 20.4. The lowest BCUT2D eigenvalue weighted by molar-refractivity contribution is -0.143. The van der Waals surface area contributed by atoms with Crippen molar-refractivity contribution in [2.45, 2.75) is 25.9 Å². The van der Waals surface area contributed by atoms with Gasteiger partial charge in [0, 0.05) is 25.2 Å². The Labute approximate surface area is 170 Å². The molecule has 0 radical (unpaired) electrons. The molecule has 2 unspecified atom stereocenters. The first-order valence-electron chi connectivity index (χ1n) is 10.1. The molecule has 0 spiro atoms. The first kappa shape index (κ1) is 19.6. The largest absolute Gasteiger partial charge is 0.370 e. The van der Waals surface area contributed by atoms with Crippen molar-refractivity contribution in [1.29, 1.82) is 0 Å². The van der Waals surface area contributed by atoms with E-state index in [0.29, 0.717) is 26.2 Å². The monoisotopic (exact) mass is 396 g/mol. The highest BCUT2D eigenvalue weighted by Crippen LogP contribution is 2.31. The molecule has 2 heterocycles. The maximum Gasteiger partial charge on any atom is 0.228 e. The Morgan fingerprint density at radius 2 is 1.90 bits per heavy atom.